The molecule has 0 saturated heterocycles. The number of hydrogen-bond donors (Lipinski definition) is 1. The summed E-state index contributed by atoms with van der Waals surface area (Å²) in [5.41, 5.74) is 2.07. The highest BCUT2D eigenvalue weighted by Gasteiger charge is 2.36. The summed E-state index contributed by atoms with van der Waals surface area (Å²) in [6.45, 7) is 0.984. The van der Waals surface area contributed by atoms with Gasteiger partial charge in [0, 0.05) is 5.56 Å². The van der Waals surface area contributed by atoms with Crippen molar-refractivity contribution in [3.63, 3.8) is 0 Å². The van der Waals surface area contributed by atoms with E-state index >= 15 is 0 Å². The lowest BCUT2D eigenvalue weighted by atomic mass is 10.0. The van der Waals surface area contributed by atoms with Crippen molar-refractivity contribution in [1.29, 1.82) is 0 Å². The highest BCUT2D eigenvalue weighted by Crippen LogP contribution is 2.27. The maximum absolute atomic E-state index is 14.5. The molecule has 1 N–H and O–H groups in total. The van der Waals surface area contributed by atoms with Crippen molar-refractivity contribution >= 4 is 5.82 Å². The van der Waals surface area contributed by atoms with Crippen LogP contribution in [0.2, 0.25) is 0 Å². The highest BCUT2D eigenvalue weighted by molar-refractivity contribution is 5.69. The van der Waals surface area contributed by atoms with E-state index in [4.69, 9.17) is 0 Å². The predicted octanol–water partition coefficient (Wildman–Crippen LogP) is 5.31. The Balaban J connectivity index is 1.81. The normalized spacial score (nSPS) is 12.7. The van der Waals surface area contributed by atoms with Gasteiger partial charge in [-0.05, 0) is 30.2 Å². The van der Waals surface area contributed by atoms with Crippen molar-refractivity contribution in [2.45, 2.75) is 19.1 Å². The number of benzene rings is 2. The summed E-state index contributed by atoms with van der Waals surface area (Å²) >= 11 is 0. The molecule has 26 heavy (non-hydrogen) atoms. The SMILES string of the molecule is C[C@@H](Nc1cnc(-c2ccc(-c3ccccc3)cc2F)cn1)C(F)(F)F. The molecule has 1 aromatic heterocycles. The van der Waals surface area contributed by atoms with Crippen LogP contribution in [0, 0.1) is 5.82 Å². The first kappa shape index (κ1) is 17.8. The van der Waals surface area contributed by atoms with Gasteiger partial charge in [0.05, 0.1) is 18.1 Å². The Bertz CT molecular complexity index is 878. The van der Waals surface area contributed by atoms with Gasteiger partial charge in [-0.2, -0.15) is 13.2 Å². The van der Waals surface area contributed by atoms with Crippen LogP contribution in [0.25, 0.3) is 22.4 Å². The van der Waals surface area contributed by atoms with E-state index in [1.165, 1.54) is 12.3 Å². The van der Waals surface area contributed by atoms with E-state index in [-0.39, 0.29) is 17.1 Å². The Morgan fingerprint density at radius 1 is 0.923 bits per heavy atom. The van der Waals surface area contributed by atoms with E-state index in [2.05, 4.69) is 15.3 Å². The lowest BCUT2D eigenvalue weighted by molar-refractivity contribution is -0.138. The van der Waals surface area contributed by atoms with Crippen molar-refractivity contribution in [3.05, 3.63) is 66.7 Å². The number of halogens is 4. The van der Waals surface area contributed by atoms with Crippen molar-refractivity contribution in [2.75, 3.05) is 5.32 Å². The zero-order chi connectivity index (χ0) is 18.7. The van der Waals surface area contributed by atoms with Crippen LogP contribution >= 0.6 is 0 Å². The van der Waals surface area contributed by atoms with Gasteiger partial charge in [0.1, 0.15) is 17.7 Å². The molecule has 7 heteroatoms. The first-order chi connectivity index (χ1) is 12.3. The third kappa shape index (κ3) is 3.99. The molecule has 1 atom stereocenters. The summed E-state index contributed by atoms with van der Waals surface area (Å²) in [5, 5.41) is 2.21. The molecule has 0 unspecified atom stereocenters. The van der Waals surface area contributed by atoms with Crippen LogP contribution in [0.4, 0.5) is 23.4 Å². The van der Waals surface area contributed by atoms with Crippen molar-refractivity contribution < 1.29 is 17.6 Å². The molecule has 3 nitrogen and oxygen atoms in total. The largest absolute Gasteiger partial charge is 0.408 e. The smallest absolute Gasteiger partial charge is 0.358 e. The minimum Gasteiger partial charge on any atom is -0.358 e. The van der Waals surface area contributed by atoms with Gasteiger partial charge in [0.2, 0.25) is 0 Å². The molecule has 0 aliphatic heterocycles. The summed E-state index contributed by atoms with van der Waals surface area (Å²) in [6.07, 6.45) is -1.99. The summed E-state index contributed by atoms with van der Waals surface area (Å²) in [6, 6.07) is 12.3. The fraction of sp³-hybridized carbons (Fsp3) is 0.158. The summed E-state index contributed by atoms with van der Waals surface area (Å²) in [5.74, 6) is -0.509. The minimum atomic E-state index is -4.39. The van der Waals surface area contributed by atoms with E-state index in [1.807, 2.05) is 30.3 Å². The molecule has 134 valence electrons. The number of nitrogens with zero attached hydrogens (tertiary/aromatic N) is 2. The number of aromatic nitrogens is 2. The molecule has 0 aliphatic carbocycles. The van der Waals surface area contributed by atoms with E-state index in [9.17, 15) is 17.6 Å². The van der Waals surface area contributed by atoms with Crippen molar-refractivity contribution in [2.24, 2.45) is 0 Å². The quantitative estimate of drug-likeness (QED) is 0.640. The lowest BCUT2D eigenvalue weighted by Crippen LogP contribution is -2.33. The van der Waals surface area contributed by atoms with Crippen LogP contribution in [0.1, 0.15) is 6.92 Å². The maximum atomic E-state index is 14.5. The standard InChI is InChI=1S/C19H15F4N3/c1-12(19(21,22)23)26-18-11-24-17(10-25-18)15-8-7-14(9-16(15)20)13-5-3-2-4-6-13/h2-12H,1H3,(H,25,26)/t12-/m1/s1. The zero-order valence-electron chi connectivity index (χ0n) is 13.8. The summed E-state index contributed by atoms with van der Waals surface area (Å²) < 4.78 is 52.1. The molecule has 0 spiro atoms. The summed E-state index contributed by atoms with van der Waals surface area (Å²) in [4.78, 5) is 7.90. The number of anilines is 1. The second kappa shape index (κ2) is 7.11. The Kier molecular flexibility index (Phi) is 4.88. The first-order valence-corrected chi connectivity index (χ1v) is 7.85. The number of rotatable bonds is 4. The fourth-order valence-corrected chi connectivity index (χ4v) is 2.38. The van der Waals surface area contributed by atoms with Crippen molar-refractivity contribution in [1.82, 2.24) is 9.97 Å². The molecular formula is C19H15F4N3. The van der Waals surface area contributed by atoms with Crippen LogP contribution in [0.5, 0.6) is 0 Å². The van der Waals surface area contributed by atoms with E-state index in [1.54, 1.807) is 12.1 Å². The fourth-order valence-electron chi connectivity index (χ4n) is 2.38. The van der Waals surface area contributed by atoms with Gasteiger partial charge >= 0.3 is 6.18 Å². The highest BCUT2D eigenvalue weighted by atomic mass is 19.4. The molecule has 2 aromatic carbocycles. The van der Waals surface area contributed by atoms with Crippen LogP contribution < -0.4 is 5.32 Å². The van der Waals surface area contributed by atoms with Gasteiger partial charge in [-0.15, -0.1) is 0 Å². The number of alkyl halides is 3. The molecule has 0 amide bonds. The molecular weight excluding hydrogens is 346 g/mol. The molecule has 0 aliphatic rings. The third-order valence-electron chi connectivity index (χ3n) is 3.86. The van der Waals surface area contributed by atoms with Crippen molar-refractivity contribution in [3.8, 4) is 22.4 Å². The molecule has 1 heterocycles. The van der Waals surface area contributed by atoms with Crippen LogP contribution in [-0.2, 0) is 0 Å². The zero-order valence-corrected chi connectivity index (χ0v) is 13.8. The Hall–Kier alpha value is -2.96. The van der Waals surface area contributed by atoms with Gasteiger partial charge in [0.25, 0.3) is 0 Å². The van der Waals surface area contributed by atoms with Crippen LogP contribution in [-0.4, -0.2) is 22.2 Å². The van der Waals surface area contributed by atoms with Gasteiger partial charge in [-0.1, -0.05) is 36.4 Å². The lowest BCUT2D eigenvalue weighted by Gasteiger charge is -2.17. The molecule has 3 aromatic rings. The second-order valence-corrected chi connectivity index (χ2v) is 5.76. The Labute approximate surface area is 147 Å². The van der Waals surface area contributed by atoms with E-state index in [0.29, 0.717) is 0 Å². The molecule has 0 bridgehead atoms. The topological polar surface area (TPSA) is 37.8 Å². The average Bonchev–Trinajstić information content (AvgIpc) is 2.62. The van der Waals surface area contributed by atoms with Crippen LogP contribution in [0.3, 0.4) is 0 Å². The van der Waals surface area contributed by atoms with Gasteiger partial charge in [-0.25, -0.2) is 9.37 Å². The average molecular weight is 361 g/mol. The monoisotopic (exact) mass is 361 g/mol. The number of hydrogen-bond acceptors (Lipinski definition) is 3. The molecule has 0 radical (unpaired) electrons. The van der Waals surface area contributed by atoms with Gasteiger partial charge in [-0.3, -0.25) is 4.98 Å². The van der Waals surface area contributed by atoms with Gasteiger partial charge in [0.15, 0.2) is 0 Å². The predicted molar refractivity (Wildman–Crippen MR) is 92.0 cm³/mol. The molecule has 0 saturated carbocycles. The van der Waals surface area contributed by atoms with E-state index < -0.39 is 18.0 Å². The summed E-state index contributed by atoms with van der Waals surface area (Å²) in [7, 11) is 0. The first-order valence-electron chi connectivity index (χ1n) is 7.85. The van der Waals surface area contributed by atoms with Crippen LogP contribution in [0.15, 0.2) is 60.9 Å². The maximum Gasteiger partial charge on any atom is 0.408 e. The Morgan fingerprint density at radius 3 is 2.23 bits per heavy atom. The second-order valence-electron chi connectivity index (χ2n) is 5.76. The minimum absolute atomic E-state index is 0.0279. The van der Waals surface area contributed by atoms with E-state index in [0.717, 1.165) is 24.2 Å². The number of nitrogens with one attached hydrogen (secondary N) is 1. The molecule has 0 fully saturated rings. The Morgan fingerprint density at radius 2 is 1.65 bits per heavy atom. The molecule has 3 rings (SSSR count). The van der Waals surface area contributed by atoms with Gasteiger partial charge < -0.3 is 5.32 Å². The third-order valence-corrected chi connectivity index (χ3v) is 3.86.